The van der Waals surface area contributed by atoms with Crippen molar-refractivity contribution in [3.8, 4) is 11.5 Å². The van der Waals surface area contributed by atoms with Crippen LogP contribution in [-0.2, 0) is 14.8 Å². The molecule has 7 nitrogen and oxygen atoms in total. The van der Waals surface area contributed by atoms with Gasteiger partial charge in [0.25, 0.3) is 0 Å². The third-order valence-corrected chi connectivity index (χ3v) is 4.91. The molecule has 0 atom stereocenters. The number of rotatable bonds is 8. The molecule has 1 amide bonds. The number of sulfonamides is 1. The van der Waals surface area contributed by atoms with Gasteiger partial charge in [-0.3, -0.25) is 9.10 Å². The molecule has 28 heavy (non-hydrogen) atoms. The Balaban J connectivity index is 2.25. The van der Waals surface area contributed by atoms with Crippen molar-refractivity contribution in [2.24, 2.45) is 0 Å². The van der Waals surface area contributed by atoms with Gasteiger partial charge in [0.15, 0.2) is 0 Å². The third-order valence-electron chi connectivity index (χ3n) is 3.78. The topological polar surface area (TPSA) is 84.9 Å². The van der Waals surface area contributed by atoms with Gasteiger partial charge >= 0.3 is 0 Å². The van der Waals surface area contributed by atoms with E-state index in [-0.39, 0.29) is 12.6 Å². The lowest BCUT2D eigenvalue weighted by molar-refractivity contribution is -0.114. The maximum atomic E-state index is 12.6. The Labute approximate surface area is 166 Å². The maximum absolute atomic E-state index is 12.6. The van der Waals surface area contributed by atoms with E-state index >= 15 is 0 Å². The van der Waals surface area contributed by atoms with Crippen molar-refractivity contribution in [1.29, 1.82) is 0 Å². The summed E-state index contributed by atoms with van der Waals surface area (Å²) in [5, 5.41) is 2.71. The van der Waals surface area contributed by atoms with Gasteiger partial charge in [-0.2, -0.15) is 0 Å². The first-order chi connectivity index (χ1) is 13.1. The first-order valence-electron chi connectivity index (χ1n) is 8.79. The zero-order valence-corrected chi connectivity index (χ0v) is 17.5. The zero-order valence-electron chi connectivity index (χ0n) is 16.7. The van der Waals surface area contributed by atoms with Crippen LogP contribution in [0.15, 0.2) is 42.5 Å². The molecule has 0 aliphatic carbocycles. The van der Waals surface area contributed by atoms with Crippen molar-refractivity contribution < 1.29 is 22.7 Å². The molecule has 0 unspecified atom stereocenters. The minimum Gasteiger partial charge on any atom is -0.495 e. The van der Waals surface area contributed by atoms with Crippen molar-refractivity contribution in [1.82, 2.24) is 0 Å². The van der Waals surface area contributed by atoms with E-state index in [2.05, 4.69) is 5.32 Å². The summed E-state index contributed by atoms with van der Waals surface area (Å²) in [5.41, 5.74) is 1.69. The van der Waals surface area contributed by atoms with Crippen LogP contribution in [0.3, 0.4) is 0 Å². The van der Waals surface area contributed by atoms with E-state index in [9.17, 15) is 13.2 Å². The highest BCUT2D eigenvalue weighted by molar-refractivity contribution is 7.92. The van der Waals surface area contributed by atoms with Gasteiger partial charge in [-0.15, -0.1) is 0 Å². The fourth-order valence-electron chi connectivity index (χ4n) is 2.63. The van der Waals surface area contributed by atoms with Crippen LogP contribution in [0.25, 0.3) is 0 Å². The number of carbonyl (C=O) groups is 1. The molecule has 0 fully saturated rings. The van der Waals surface area contributed by atoms with E-state index in [0.717, 1.165) is 16.1 Å². The molecule has 8 heteroatoms. The number of anilines is 2. The van der Waals surface area contributed by atoms with Crippen molar-refractivity contribution in [3.05, 3.63) is 48.0 Å². The Hall–Kier alpha value is -2.74. The predicted octanol–water partition coefficient (Wildman–Crippen LogP) is 3.20. The number of amides is 1. The van der Waals surface area contributed by atoms with Gasteiger partial charge in [-0.25, -0.2) is 8.42 Å². The lowest BCUT2D eigenvalue weighted by Crippen LogP contribution is -2.37. The van der Waals surface area contributed by atoms with Crippen LogP contribution in [0, 0.1) is 6.92 Å². The van der Waals surface area contributed by atoms with E-state index in [1.54, 1.807) is 36.4 Å². The molecule has 2 aromatic carbocycles. The Kier molecular flexibility index (Phi) is 6.90. The van der Waals surface area contributed by atoms with E-state index in [0.29, 0.717) is 22.9 Å². The monoisotopic (exact) mass is 406 g/mol. The van der Waals surface area contributed by atoms with E-state index in [1.807, 2.05) is 26.8 Å². The molecule has 0 saturated heterocycles. The second-order valence-electron chi connectivity index (χ2n) is 6.69. The van der Waals surface area contributed by atoms with Crippen LogP contribution in [0.1, 0.15) is 19.4 Å². The second kappa shape index (κ2) is 8.97. The average molecular weight is 407 g/mol. The number of nitrogens with zero attached hydrogens (tertiary/aromatic N) is 1. The molecule has 0 radical (unpaired) electrons. The Morgan fingerprint density at radius 3 is 2.50 bits per heavy atom. The molecular weight excluding hydrogens is 380 g/mol. The molecule has 0 aliphatic heterocycles. The van der Waals surface area contributed by atoms with Crippen molar-refractivity contribution in [2.75, 3.05) is 29.5 Å². The van der Waals surface area contributed by atoms with Gasteiger partial charge in [0.05, 0.1) is 25.2 Å². The van der Waals surface area contributed by atoms with Crippen molar-refractivity contribution in [3.63, 3.8) is 0 Å². The smallest absolute Gasteiger partial charge is 0.245 e. The fraction of sp³-hybridized carbons (Fsp3) is 0.350. The molecule has 2 aromatic rings. The van der Waals surface area contributed by atoms with Crippen LogP contribution in [0.2, 0.25) is 0 Å². The number of hydrogen-bond acceptors (Lipinski definition) is 5. The summed E-state index contributed by atoms with van der Waals surface area (Å²) in [6.45, 7) is 5.27. The summed E-state index contributed by atoms with van der Waals surface area (Å²) in [6, 6.07) is 12.1. The van der Waals surface area contributed by atoms with E-state index in [4.69, 9.17) is 9.47 Å². The summed E-state index contributed by atoms with van der Waals surface area (Å²) in [4.78, 5) is 12.6. The summed E-state index contributed by atoms with van der Waals surface area (Å²) >= 11 is 0. The standard InChI is InChI=1S/C20H26N2O5S/c1-14(2)27-17-8-6-7-16(12-17)21-20(23)13-22(28(5,24)25)18-11-15(3)9-10-19(18)26-4/h6-12,14H,13H2,1-5H3,(H,21,23). The number of ether oxygens (including phenoxy) is 2. The molecule has 0 aromatic heterocycles. The van der Waals surface area contributed by atoms with Crippen LogP contribution >= 0.6 is 0 Å². The van der Waals surface area contributed by atoms with Gasteiger partial charge in [0.2, 0.25) is 15.9 Å². The van der Waals surface area contributed by atoms with Crippen LogP contribution in [0.5, 0.6) is 11.5 Å². The molecule has 0 bridgehead atoms. The number of nitrogens with one attached hydrogen (secondary N) is 1. The normalized spacial score (nSPS) is 11.2. The summed E-state index contributed by atoms with van der Waals surface area (Å²) in [5.74, 6) is 0.514. The molecule has 0 saturated carbocycles. The van der Waals surface area contributed by atoms with Crippen molar-refractivity contribution >= 4 is 27.3 Å². The van der Waals surface area contributed by atoms with E-state index in [1.165, 1.54) is 7.11 Å². The fourth-order valence-corrected chi connectivity index (χ4v) is 3.48. The van der Waals surface area contributed by atoms with Crippen LogP contribution < -0.4 is 19.1 Å². The van der Waals surface area contributed by atoms with Crippen LogP contribution in [-0.4, -0.2) is 40.3 Å². The van der Waals surface area contributed by atoms with Gasteiger partial charge in [0, 0.05) is 11.8 Å². The second-order valence-corrected chi connectivity index (χ2v) is 8.59. The lowest BCUT2D eigenvalue weighted by Gasteiger charge is -2.24. The maximum Gasteiger partial charge on any atom is 0.245 e. The molecule has 1 N–H and O–H groups in total. The molecule has 0 heterocycles. The first-order valence-corrected chi connectivity index (χ1v) is 10.6. The summed E-state index contributed by atoms with van der Waals surface area (Å²) in [6.07, 6.45) is 1.06. The number of aryl methyl sites for hydroxylation is 1. The number of benzene rings is 2. The lowest BCUT2D eigenvalue weighted by atomic mass is 10.2. The van der Waals surface area contributed by atoms with Crippen molar-refractivity contribution in [2.45, 2.75) is 26.9 Å². The van der Waals surface area contributed by atoms with E-state index < -0.39 is 15.9 Å². The number of hydrogen-bond donors (Lipinski definition) is 1. The molecule has 0 spiro atoms. The minimum absolute atomic E-state index is 0.000428. The molecule has 152 valence electrons. The summed E-state index contributed by atoms with van der Waals surface area (Å²) < 4.78 is 36.6. The number of methoxy groups -OCH3 is 1. The molecule has 0 aliphatic rings. The van der Waals surface area contributed by atoms with Crippen LogP contribution in [0.4, 0.5) is 11.4 Å². The first kappa shape index (κ1) is 21.6. The highest BCUT2D eigenvalue weighted by Gasteiger charge is 2.24. The highest BCUT2D eigenvalue weighted by atomic mass is 32.2. The highest BCUT2D eigenvalue weighted by Crippen LogP contribution is 2.31. The summed E-state index contributed by atoms with van der Waals surface area (Å²) in [7, 11) is -2.26. The Bertz CT molecular complexity index is 941. The van der Waals surface area contributed by atoms with Gasteiger partial charge < -0.3 is 14.8 Å². The number of carbonyl (C=O) groups excluding carboxylic acids is 1. The Morgan fingerprint density at radius 1 is 1.18 bits per heavy atom. The SMILES string of the molecule is COc1ccc(C)cc1N(CC(=O)Nc1cccc(OC(C)C)c1)S(C)(=O)=O. The average Bonchev–Trinajstić information content (AvgIpc) is 2.58. The molecule has 2 rings (SSSR count). The minimum atomic E-state index is -3.71. The third kappa shape index (κ3) is 5.88. The molecular formula is C20H26N2O5S. The van der Waals surface area contributed by atoms with Gasteiger partial charge in [-0.05, 0) is 50.6 Å². The van der Waals surface area contributed by atoms with Gasteiger partial charge in [0.1, 0.15) is 18.0 Å². The largest absolute Gasteiger partial charge is 0.495 e. The quantitative estimate of drug-likeness (QED) is 0.728. The zero-order chi connectivity index (χ0) is 20.9. The van der Waals surface area contributed by atoms with Gasteiger partial charge in [-0.1, -0.05) is 12.1 Å². The Morgan fingerprint density at radius 2 is 1.89 bits per heavy atom. The predicted molar refractivity (Wildman–Crippen MR) is 111 cm³/mol.